The average Bonchev–Trinajstić information content (AvgIpc) is 2.25. The summed E-state index contributed by atoms with van der Waals surface area (Å²) in [5.41, 5.74) is 0.797. The fraction of sp³-hybridized carbons (Fsp3) is 0.455. The topological polar surface area (TPSA) is 30.5 Å². The highest BCUT2D eigenvalue weighted by Gasteiger charge is 2.21. The first-order valence-electron chi connectivity index (χ1n) is 4.71. The Bertz CT molecular complexity index is 302. The van der Waals surface area contributed by atoms with E-state index in [4.69, 9.17) is 9.47 Å². The van der Waals surface area contributed by atoms with Crippen LogP contribution >= 0.6 is 0 Å². The minimum Gasteiger partial charge on any atom is -0.354 e. The van der Waals surface area contributed by atoms with E-state index < -0.39 is 6.29 Å². The van der Waals surface area contributed by atoms with Gasteiger partial charge in [-0.3, -0.25) is 0 Å². The minimum absolute atomic E-state index is 0.185. The molecular weight excluding hydrogens is 197 g/mol. The quantitative estimate of drug-likeness (QED) is 0.755. The first-order chi connectivity index (χ1) is 7.22. The molecule has 0 aliphatic heterocycles. The van der Waals surface area contributed by atoms with Crippen molar-refractivity contribution in [2.75, 3.05) is 21.3 Å². The molecule has 1 N–H and O–H groups in total. The third-order valence-electron chi connectivity index (χ3n) is 2.26. The van der Waals surface area contributed by atoms with Crippen LogP contribution in [0.1, 0.15) is 11.6 Å². The first kappa shape index (κ1) is 12.1. The van der Waals surface area contributed by atoms with Crippen LogP contribution in [0.5, 0.6) is 0 Å². The lowest BCUT2D eigenvalue weighted by Gasteiger charge is -2.24. The molecule has 0 aliphatic rings. The Labute approximate surface area is 89.2 Å². The molecule has 0 radical (unpaired) electrons. The maximum absolute atomic E-state index is 13.0. The average molecular weight is 213 g/mol. The highest BCUT2D eigenvalue weighted by Crippen LogP contribution is 2.19. The summed E-state index contributed by atoms with van der Waals surface area (Å²) in [7, 11) is 4.89. The van der Waals surface area contributed by atoms with Crippen molar-refractivity contribution in [2.24, 2.45) is 0 Å². The second-order valence-electron chi connectivity index (χ2n) is 3.16. The van der Waals surface area contributed by atoms with Gasteiger partial charge in [0.05, 0.1) is 6.04 Å². The summed E-state index contributed by atoms with van der Waals surface area (Å²) >= 11 is 0. The fourth-order valence-corrected chi connectivity index (χ4v) is 1.53. The first-order valence-corrected chi connectivity index (χ1v) is 4.71. The maximum atomic E-state index is 13.0. The van der Waals surface area contributed by atoms with Crippen LogP contribution in [0.15, 0.2) is 24.3 Å². The largest absolute Gasteiger partial charge is 0.354 e. The summed E-state index contributed by atoms with van der Waals surface area (Å²) in [5, 5.41) is 3.03. The van der Waals surface area contributed by atoms with E-state index in [1.54, 1.807) is 27.3 Å². The van der Waals surface area contributed by atoms with E-state index in [1.165, 1.54) is 12.1 Å². The van der Waals surface area contributed by atoms with Crippen molar-refractivity contribution in [3.63, 3.8) is 0 Å². The second kappa shape index (κ2) is 5.80. The van der Waals surface area contributed by atoms with Gasteiger partial charge in [-0.2, -0.15) is 0 Å². The predicted molar refractivity (Wildman–Crippen MR) is 56.0 cm³/mol. The molecule has 1 rings (SSSR count). The highest BCUT2D eigenvalue weighted by atomic mass is 19.1. The van der Waals surface area contributed by atoms with Crippen LogP contribution in [0.3, 0.4) is 0 Å². The monoisotopic (exact) mass is 213 g/mol. The number of hydrogen-bond acceptors (Lipinski definition) is 3. The Kier molecular flexibility index (Phi) is 4.68. The highest BCUT2D eigenvalue weighted by molar-refractivity contribution is 5.20. The zero-order valence-corrected chi connectivity index (χ0v) is 9.16. The fourth-order valence-electron chi connectivity index (χ4n) is 1.53. The minimum atomic E-state index is -0.434. The molecule has 0 amide bonds. The van der Waals surface area contributed by atoms with E-state index in [0.29, 0.717) is 0 Å². The molecule has 15 heavy (non-hydrogen) atoms. The van der Waals surface area contributed by atoms with Crippen LogP contribution in [0, 0.1) is 5.82 Å². The van der Waals surface area contributed by atoms with Crippen LogP contribution in [0.25, 0.3) is 0 Å². The van der Waals surface area contributed by atoms with Crippen LogP contribution in [-0.4, -0.2) is 27.6 Å². The molecule has 1 aromatic rings. The molecule has 0 saturated heterocycles. The summed E-state index contributed by atoms with van der Waals surface area (Å²) < 4.78 is 23.3. The number of hydrogen-bond donors (Lipinski definition) is 1. The lowest BCUT2D eigenvalue weighted by atomic mass is 10.1. The predicted octanol–water partition coefficient (Wildman–Crippen LogP) is 1.71. The molecule has 1 atom stereocenters. The lowest BCUT2D eigenvalue weighted by Crippen LogP contribution is -2.32. The van der Waals surface area contributed by atoms with Crippen LogP contribution in [-0.2, 0) is 9.47 Å². The van der Waals surface area contributed by atoms with E-state index in [-0.39, 0.29) is 11.9 Å². The van der Waals surface area contributed by atoms with Gasteiger partial charge in [-0.15, -0.1) is 0 Å². The van der Waals surface area contributed by atoms with E-state index in [2.05, 4.69) is 5.32 Å². The molecule has 0 heterocycles. The van der Waals surface area contributed by atoms with Crippen molar-refractivity contribution in [3.05, 3.63) is 35.6 Å². The third kappa shape index (κ3) is 2.99. The summed E-state index contributed by atoms with van der Waals surface area (Å²) in [6.45, 7) is 0. The molecule has 1 aromatic carbocycles. The smallest absolute Gasteiger partial charge is 0.176 e. The number of likely N-dealkylation sites (N-methyl/N-ethyl adjacent to an activating group) is 1. The zero-order valence-electron chi connectivity index (χ0n) is 9.16. The van der Waals surface area contributed by atoms with Crippen molar-refractivity contribution in [1.29, 1.82) is 0 Å². The van der Waals surface area contributed by atoms with E-state index in [9.17, 15) is 4.39 Å². The molecule has 0 saturated carbocycles. The number of rotatable bonds is 5. The number of benzene rings is 1. The molecule has 84 valence electrons. The van der Waals surface area contributed by atoms with Gasteiger partial charge in [0.15, 0.2) is 6.29 Å². The van der Waals surface area contributed by atoms with Gasteiger partial charge in [0.1, 0.15) is 5.82 Å². The van der Waals surface area contributed by atoms with Crippen molar-refractivity contribution < 1.29 is 13.9 Å². The van der Waals surface area contributed by atoms with Crippen molar-refractivity contribution >= 4 is 0 Å². The zero-order chi connectivity index (χ0) is 11.3. The van der Waals surface area contributed by atoms with Crippen molar-refractivity contribution in [2.45, 2.75) is 12.3 Å². The third-order valence-corrected chi connectivity index (χ3v) is 2.26. The summed E-state index contributed by atoms with van der Waals surface area (Å²) in [5.74, 6) is -0.265. The Balaban J connectivity index is 2.90. The maximum Gasteiger partial charge on any atom is 0.176 e. The van der Waals surface area contributed by atoms with Crippen molar-refractivity contribution in [1.82, 2.24) is 5.32 Å². The number of nitrogens with one attached hydrogen (secondary N) is 1. The molecule has 0 fully saturated rings. The van der Waals surface area contributed by atoms with Crippen LogP contribution < -0.4 is 5.32 Å². The Morgan fingerprint density at radius 2 is 1.93 bits per heavy atom. The summed E-state index contributed by atoms with van der Waals surface area (Å²) in [6.07, 6.45) is -0.434. The molecule has 1 unspecified atom stereocenters. The molecular formula is C11H16FNO2. The van der Waals surface area contributed by atoms with Gasteiger partial charge in [-0.25, -0.2) is 4.39 Å². The van der Waals surface area contributed by atoms with Gasteiger partial charge in [0, 0.05) is 14.2 Å². The van der Waals surface area contributed by atoms with Crippen molar-refractivity contribution in [3.8, 4) is 0 Å². The van der Waals surface area contributed by atoms with Crippen LogP contribution in [0.2, 0.25) is 0 Å². The van der Waals surface area contributed by atoms with Gasteiger partial charge in [0.2, 0.25) is 0 Å². The Hall–Kier alpha value is -0.970. The molecule has 4 heteroatoms. The Morgan fingerprint density at radius 3 is 2.40 bits per heavy atom. The SMILES string of the molecule is CNC(c1cccc(F)c1)C(OC)OC. The number of ether oxygens (including phenoxy) is 2. The lowest BCUT2D eigenvalue weighted by molar-refractivity contribution is -0.123. The van der Waals surface area contributed by atoms with E-state index in [1.807, 2.05) is 6.07 Å². The summed E-state index contributed by atoms with van der Waals surface area (Å²) in [4.78, 5) is 0. The van der Waals surface area contributed by atoms with Gasteiger partial charge in [-0.05, 0) is 24.7 Å². The van der Waals surface area contributed by atoms with Crippen LogP contribution in [0.4, 0.5) is 4.39 Å². The molecule has 3 nitrogen and oxygen atoms in total. The van der Waals surface area contributed by atoms with Gasteiger partial charge >= 0.3 is 0 Å². The summed E-state index contributed by atoms with van der Waals surface area (Å²) in [6, 6.07) is 6.18. The van der Waals surface area contributed by atoms with E-state index in [0.717, 1.165) is 5.56 Å². The van der Waals surface area contributed by atoms with Gasteiger partial charge < -0.3 is 14.8 Å². The normalized spacial score (nSPS) is 13.1. The molecule has 0 aliphatic carbocycles. The molecule has 0 spiro atoms. The van der Waals surface area contributed by atoms with E-state index >= 15 is 0 Å². The number of methoxy groups -OCH3 is 2. The standard InChI is InChI=1S/C11H16FNO2/c1-13-10(11(14-2)15-3)8-5-4-6-9(12)7-8/h4-7,10-11,13H,1-3H3. The number of halogens is 1. The Morgan fingerprint density at radius 1 is 1.27 bits per heavy atom. The molecule has 0 aromatic heterocycles. The second-order valence-corrected chi connectivity index (χ2v) is 3.16. The molecule has 0 bridgehead atoms. The van der Waals surface area contributed by atoms with Gasteiger partial charge in [0.25, 0.3) is 0 Å². The van der Waals surface area contributed by atoms with Gasteiger partial charge in [-0.1, -0.05) is 12.1 Å².